The molecule has 0 heterocycles. The van der Waals surface area contributed by atoms with Crippen LogP contribution in [0.3, 0.4) is 0 Å². The summed E-state index contributed by atoms with van der Waals surface area (Å²) < 4.78 is 5.31. The molecule has 1 aliphatic carbocycles. The molecule has 0 bridgehead atoms. The highest BCUT2D eigenvalue weighted by Gasteiger charge is 2.24. The van der Waals surface area contributed by atoms with E-state index in [-0.39, 0.29) is 6.04 Å². The number of rotatable bonds is 5. The molecule has 0 amide bonds. The third-order valence-corrected chi connectivity index (χ3v) is 3.01. The van der Waals surface area contributed by atoms with Crippen molar-refractivity contribution < 1.29 is 4.74 Å². The van der Waals surface area contributed by atoms with Gasteiger partial charge in [-0.3, -0.25) is 0 Å². The summed E-state index contributed by atoms with van der Waals surface area (Å²) in [5.74, 6) is 1.86. The first-order valence-corrected chi connectivity index (χ1v) is 5.67. The Morgan fingerprint density at radius 3 is 2.80 bits per heavy atom. The highest BCUT2D eigenvalue weighted by atomic mass is 16.5. The quantitative estimate of drug-likeness (QED) is 0.801. The van der Waals surface area contributed by atoms with E-state index in [0.29, 0.717) is 0 Å². The second-order valence-corrected chi connectivity index (χ2v) is 4.46. The maximum absolute atomic E-state index is 6.11. The topological polar surface area (TPSA) is 35.2 Å². The van der Waals surface area contributed by atoms with Crippen molar-refractivity contribution >= 4 is 0 Å². The summed E-state index contributed by atoms with van der Waals surface area (Å²) in [5, 5.41) is 0. The molecule has 1 aromatic rings. The second kappa shape index (κ2) is 4.67. The normalized spacial score (nSPS) is 17.5. The van der Waals surface area contributed by atoms with Crippen LogP contribution < -0.4 is 10.5 Å². The van der Waals surface area contributed by atoms with E-state index in [2.05, 4.69) is 6.07 Å². The molecule has 1 unspecified atom stereocenters. The van der Waals surface area contributed by atoms with Crippen LogP contribution in [0.1, 0.15) is 24.8 Å². The third kappa shape index (κ3) is 2.96. The van der Waals surface area contributed by atoms with Crippen LogP contribution in [0, 0.1) is 5.92 Å². The zero-order chi connectivity index (χ0) is 10.7. The van der Waals surface area contributed by atoms with Gasteiger partial charge in [0.25, 0.3) is 0 Å². The van der Waals surface area contributed by atoms with Gasteiger partial charge in [0.05, 0.1) is 7.11 Å². The Hall–Kier alpha value is -1.02. The van der Waals surface area contributed by atoms with E-state index in [0.717, 1.165) is 24.5 Å². The fourth-order valence-electron chi connectivity index (χ4n) is 2.02. The Balaban J connectivity index is 1.95. The predicted octanol–water partition coefficient (Wildman–Crippen LogP) is 2.37. The van der Waals surface area contributed by atoms with Gasteiger partial charge in [0.15, 0.2) is 0 Å². The molecule has 2 heteroatoms. The molecule has 82 valence electrons. The van der Waals surface area contributed by atoms with Gasteiger partial charge in [-0.25, -0.2) is 0 Å². The van der Waals surface area contributed by atoms with Crippen molar-refractivity contribution in [3.8, 4) is 5.75 Å². The monoisotopic (exact) mass is 205 g/mol. The Morgan fingerprint density at radius 2 is 2.13 bits per heavy atom. The largest absolute Gasteiger partial charge is 0.496 e. The van der Waals surface area contributed by atoms with Crippen LogP contribution in [0.15, 0.2) is 24.3 Å². The number of benzene rings is 1. The number of para-hydroxylation sites is 1. The van der Waals surface area contributed by atoms with Crippen LogP contribution >= 0.6 is 0 Å². The lowest BCUT2D eigenvalue weighted by molar-refractivity contribution is 0.406. The van der Waals surface area contributed by atoms with Gasteiger partial charge in [-0.1, -0.05) is 31.0 Å². The molecular weight excluding hydrogens is 186 g/mol. The van der Waals surface area contributed by atoms with E-state index < -0.39 is 0 Å². The van der Waals surface area contributed by atoms with Gasteiger partial charge in [-0.05, 0) is 30.4 Å². The first kappa shape index (κ1) is 10.5. The van der Waals surface area contributed by atoms with Crippen molar-refractivity contribution in [3.63, 3.8) is 0 Å². The smallest absolute Gasteiger partial charge is 0.122 e. The summed E-state index contributed by atoms with van der Waals surface area (Å²) in [6.07, 6.45) is 4.85. The SMILES string of the molecule is COc1ccccc1CC(N)CC1CC1. The summed E-state index contributed by atoms with van der Waals surface area (Å²) in [6.45, 7) is 0. The second-order valence-electron chi connectivity index (χ2n) is 4.46. The Bertz CT molecular complexity index is 320. The summed E-state index contributed by atoms with van der Waals surface area (Å²) >= 11 is 0. The van der Waals surface area contributed by atoms with Gasteiger partial charge >= 0.3 is 0 Å². The van der Waals surface area contributed by atoms with Crippen LogP contribution in [-0.2, 0) is 6.42 Å². The zero-order valence-corrected chi connectivity index (χ0v) is 9.28. The first-order chi connectivity index (χ1) is 7.29. The summed E-state index contributed by atoms with van der Waals surface area (Å²) in [5.41, 5.74) is 7.34. The van der Waals surface area contributed by atoms with Gasteiger partial charge in [0.2, 0.25) is 0 Å². The maximum Gasteiger partial charge on any atom is 0.122 e. The molecule has 1 saturated carbocycles. The molecule has 1 aliphatic rings. The van der Waals surface area contributed by atoms with Crippen LogP contribution in [0.4, 0.5) is 0 Å². The van der Waals surface area contributed by atoms with Crippen molar-refractivity contribution in [1.29, 1.82) is 0 Å². The zero-order valence-electron chi connectivity index (χ0n) is 9.28. The molecule has 0 radical (unpaired) electrons. The minimum Gasteiger partial charge on any atom is -0.496 e. The number of methoxy groups -OCH3 is 1. The number of hydrogen-bond donors (Lipinski definition) is 1. The predicted molar refractivity (Wildman–Crippen MR) is 62.0 cm³/mol. The molecule has 1 aromatic carbocycles. The van der Waals surface area contributed by atoms with Crippen LogP contribution in [0.2, 0.25) is 0 Å². The van der Waals surface area contributed by atoms with Crippen LogP contribution in [0.25, 0.3) is 0 Å². The molecule has 2 N–H and O–H groups in total. The third-order valence-electron chi connectivity index (χ3n) is 3.01. The van der Waals surface area contributed by atoms with Crippen molar-refractivity contribution in [1.82, 2.24) is 0 Å². The fraction of sp³-hybridized carbons (Fsp3) is 0.538. The van der Waals surface area contributed by atoms with Crippen molar-refractivity contribution in [2.45, 2.75) is 31.7 Å². The van der Waals surface area contributed by atoms with E-state index in [1.54, 1.807) is 7.11 Å². The van der Waals surface area contributed by atoms with Gasteiger partial charge in [-0.15, -0.1) is 0 Å². The summed E-state index contributed by atoms with van der Waals surface area (Å²) in [4.78, 5) is 0. The molecule has 2 rings (SSSR count). The molecule has 0 spiro atoms. The lowest BCUT2D eigenvalue weighted by atomic mass is 10.0. The highest BCUT2D eigenvalue weighted by Crippen LogP contribution is 2.34. The lowest BCUT2D eigenvalue weighted by Crippen LogP contribution is -2.23. The van der Waals surface area contributed by atoms with Gasteiger partial charge < -0.3 is 10.5 Å². The standard InChI is InChI=1S/C13H19NO/c1-15-13-5-3-2-4-11(13)9-12(14)8-10-6-7-10/h2-5,10,12H,6-9,14H2,1H3. The van der Waals surface area contributed by atoms with Gasteiger partial charge in [-0.2, -0.15) is 0 Å². The van der Waals surface area contributed by atoms with E-state index in [1.165, 1.54) is 18.4 Å². The minimum atomic E-state index is 0.286. The Labute approximate surface area is 91.4 Å². The number of ether oxygens (including phenoxy) is 1. The minimum absolute atomic E-state index is 0.286. The van der Waals surface area contributed by atoms with Gasteiger partial charge in [0, 0.05) is 6.04 Å². The number of nitrogens with two attached hydrogens (primary N) is 1. The first-order valence-electron chi connectivity index (χ1n) is 5.67. The van der Waals surface area contributed by atoms with E-state index in [1.807, 2.05) is 18.2 Å². The Kier molecular flexibility index (Phi) is 3.27. The molecular formula is C13H19NO. The number of hydrogen-bond acceptors (Lipinski definition) is 2. The molecule has 1 fully saturated rings. The Morgan fingerprint density at radius 1 is 1.40 bits per heavy atom. The molecule has 2 nitrogen and oxygen atoms in total. The average molecular weight is 205 g/mol. The van der Waals surface area contributed by atoms with Crippen LogP contribution in [0.5, 0.6) is 5.75 Å². The van der Waals surface area contributed by atoms with E-state index in [9.17, 15) is 0 Å². The van der Waals surface area contributed by atoms with E-state index >= 15 is 0 Å². The highest BCUT2D eigenvalue weighted by molar-refractivity contribution is 5.33. The summed E-state index contributed by atoms with van der Waals surface area (Å²) in [7, 11) is 1.71. The molecule has 15 heavy (non-hydrogen) atoms. The molecule has 1 atom stereocenters. The lowest BCUT2D eigenvalue weighted by Gasteiger charge is -2.13. The van der Waals surface area contributed by atoms with Crippen molar-refractivity contribution in [3.05, 3.63) is 29.8 Å². The molecule has 0 aromatic heterocycles. The molecule has 0 saturated heterocycles. The average Bonchev–Trinajstić information content (AvgIpc) is 3.02. The summed E-state index contributed by atoms with van der Waals surface area (Å²) in [6, 6.07) is 8.43. The van der Waals surface area contributed by atoms with Crippen molar-refractivity contribution in [2.24, 2.45) is 11.7 Å². The molecule has 0 aliphatic heterocycles. The van der Waals surface area contributed by atoms with Gasteiger partial charge in [0.1, 0.15) is 5.75 Å². The fourth-order valence-corrected chi connectivity index (χ4v) is 2.02. The van der Waals surface area contributed by atoms with E-state index in [4.69, 9.17) is 10.5 Å². The maximum atomic E-state index is 6.11. The van der Waals surface area contributed by atoms with Crippen molar-refractivity contribution in [2.75, 3.05) is 7.11 Å². The van der Waals surface area contributed by atoms with Crippen LogP contribution in [-0.4, -0.2) is 13.2 Å².